The molecule has 0 atom stereocenters. The summed E-state index contributed by atoms with van der Waals surface area (Å²) in [6, 6.07) is 17.4. The van der Waals surface area contributed by atoms with Crippen LogP contribution in [0, 0.1) is 6.92 Å². The number of rotatable bonds is 2. The molecule has 2 aromatic carbocycles. The summed E-state index contributed by atoms with van der Waals surface area (Å²) in [6.07, 6.45) is 0. The first kappa shape index (κ1) is 13.3. The largest absolute Gasteiger partial charge is 0.454 e. The number of hydrogen-bond acceptors (Lipinski definition) is 1. The van der Waals surface area contributed by atoms with Crippen molar-refractivity contribution >= 4 is 23.2 Å². The molecule has 0 saturated carbocycles. The zero-order valence-corrected chi connectivity index (χ0v) is 12.4. The van der Waals surface area contributed by atoms with E-state index in [4.69, 9.17) is 27.6 Å². The van der Waals surface area contributed by atoms with Gasteiger partial charge >= 0.3 is 0 Å². The lowest BCUT2D eigenvalue weighted by atomic mass is 10.1. The van der Waals surface area contributed by atoms with E-state index in [-0.39, 0.29) is 0 Å². The van der Waals surface area contributed by atoms with E-state index in [2.05, 4.69) is 0 Å². The second-order valence-corrected chi connectivity index (χ2v) is 5.50. The van der Waals surface area contributed by atoms with E-state index < -0.39 is 0 Å². The minimum Gasteiger partial charge on any atom is -0.454 e. The molecule has 0 bridgehead atoms. The molecule has 1 heterocycles. The van der Waals surface area contributed by atoms with Gasteiger partial charge in [-0.15, -0.1) is 0 Å². The highest BCUT2D eigenvalue weighted by Gasteiger charge is 2.12. The summed E-state index contributed by atoms with van der Waals surface area (Å²) >= 11 is 12.2. The normalized spacial score (nSPS) is 10.8. The molecule has 0 aliphatic rings. The Kier molecular flexibility index (Phi) is 3.56. The van der Waals surface area contributed by atoms with Crippen molar-refractivity contribution in [2.24, 2.45) is 0 Å². The lowest BCUT2D eigenvalue weighted by molar-refractivity contribution is 0.597. The van der Waals surface area contributed by atoms with Crippen molar-refractivity contribution in [2.45, 2.75) is 6.92 Å². The summed E-state index contributed by atoms with van der Waals surface area (Å²) < 4.78 is 5.89. The Hall–Kier alpha value is -1.70. The van der Waals surface area contributed by atoms with E-state index in [1.807, 2.05) is 61.5 Å². The maximum atomic E-state index is 6.28. The molecule has 0 radical (unpaired) electrons. The summed E-state index contributed by atoms with van der Waals surface area (Å²) in [5.41, 5.74) is 3.13. The summed E-state index contributed by atoms with van der Waals surface area (Å²) in [5.74, 6) is 1.43. The van der Waals surface area contributed by atoms with Crippen LogP contribution in [0.1, 0.15) is 5.56 Å². The minimum atomic E-state index is 0.610. The van der Waals surface area contributed by atoms with Crippen molar-refractivity contribution in [3.8, 4) is 22.6 Å². The first-order chi connectivity index (χ1) is 9.63. The quantitative estimate of drug-likeness (QED) is 0.547. The molecule has 20 heavy (non-hydrogen) atoms. The van der Waals surface area contributed by atoms with Gasteiger partial charge in [0, 0.05) is 22.2 Å². The average molecular weight is 303 g/mol. The molecule has 0 amide bonds. The summed E-state index contributed by atoms with van der Waals surface area (Å²) in [5, 5.41) is 1.31. The molecule has 0 spiro atoms. The van der Waals surface area contributed by atoms with E-state index in [1.54, 1.807) is 0 Å². The van der Waals surface area contributed by atoms with Crippen molar-refractivity contribution in [1.29, 1.82) is 0 Å². The van der Waals surface area contributed by atoms with Crippen molar-refractivity contribution in [3.05, 3.63) is 70.2 Å². The summed E-state index contributed by atoms with van der Waals surface area (Å²) in [6.45, 7) is 2.05. The van der Waals surface area contributed by atoms with Crippen molar-refractivity contribution < 1.29 is 4.42 Å². The summed E-state index contributed by atoms with van der Waals surface area (Å²) in [7, 11) is 0. The van der Waals surface area contributed by atoms with Gasteiger partial charge in [-0.3, -0.25) is 0 Å². The third kappa shape index (κ3) is 2.60. The van der Waals surface area contributed by atoms with Crippen LogP contribution in [-0.4, -0.2) is 0 Å². The maximum absolute atomic E-state index is 6.28. The van der Waals surface area contributed by atoms with Gasteiger partial charge in [0.25, 0.3) is 0 Å². The SMILES string of the molecule is Cc1ccc(-c2oc(-c3ccc(Cl)cc3)cc2Cl)cc1. The second kappa shape index (κ2) is 5.35. The molecule has 3 heteroatoms. The standard InChI is InChI=1S/C17H12Cl2O/c1-11-2-4-13(5-3-11)17-15(19)10-16(20-17)12-6-8-14(18)9-7-12/h2-10H,1H3. The number of halogens is 2. The van der Waals surface area contributed by atoms with Crippen LogP contribution in [-0.2, 0) is 0 Å². The smallest absolute Gasteiger partial charge is 0.153 e. The van der Waals surface area contributed by atoms with Gasteiger partial charge in [0.15, 0.2) is 5.76 Å². The number of hydrogen-bond donors (Lipinski definition) is 0. The molecule has 0 unspecified atom stereocenters. The van der Waals surface area contributed by atoms with Crippen LogP contribution < -0.4 is 0 Å². The van der Waals surface area contributed by atoms with Crippen LogP contribution in [0.4, 0.5) is 0 Å². The van der Waals surface area contributed by atoms with Gasteiger partial charge in [0.1, 0.15) is 5.76 Å². The zero-order valence-electron chi connectivity index (χ0n) is 10.9. The van der Waals surface area contributed by atoms with Crippen LogP contribution in [0.15, 0.2) is 59.0 Å². The predicted molar refractivity (Wildman–Crippen MR) is 84.3 cm³/mol. The minimum absolute atomic E-state index is 0.610. The number of benzene rings is 2. The Balaban J connectivity index is 2.02. The van der Waals surface area contributed by atoms with E-state index in [9.17, 15) is 0 Å². The Morgan fingerprint density at radius 3 is 2.05 bits per heavy atom. The zero-order chi connectivity index (χ0) is 14.1. The van der Waals surface area contributed by atoms with Crippen LogP contribution >= 0.6 is 23.2 Å². The van der Waals surface area contributed by atoms with Crippen LogP contribution in [0.25, 0.3) is 22.6 Å². The molecular weight excluding hydrogens is 291 g/mol. The topological polar surface area (TPSA) is 13.1 Å². The van der Waals surface area contributed by atoms with E-state index in [0.29, 0.717) is 15.8 Å². The average Bonchev–Trinajstić information content (AvgIpc) is 2.82. The highest BCUT2D eigenvalue weighted by atomic mass is 35.5. The third-order valence-corrected chi connectivity index (χ3v) is 3.66. The van der Waals surface area contributed by atoms with Gasteiger partial charge < -0.3 is 4.42 Å². The van der Waals surface area contributed by atoms with Gasteiger partial charge in [-0.05, 0) is 31.2 Å². The van der Waals surface area contributed by atoms with E-state index >= 15 is 0 Å². The van der Waals surface area contributed by atoms with Crippen LogP contribution in [0.2, 0.25) is 10.0 Å². The number of furan rings is 1. The Morgan fingerprint density at radius 2 is 1.40 bits per heavy atom. The molecule has 0 saturated heterocycles. The fourth-order valence-electron chi connectivity index (χ4n) is 2.03. The number of aryl methyl sites for hydroxylation is 1. The maximum Gasteiger partial charge on any atom is 0.153 e. The van der Waals surface area contributed by atoms with Gasteiger partial charge in [-0.25, -0.2) is 0 Å². The van der Waals surface area contributed by atoms with Crippen LogP contribution in [0.3, 0.4) is 0 Å². The molecule has 0 aliphatic carbocycles. The molecule has 3 aromatic rings. The molecular formula is C17H12Cl2O. The van der Waals surface area contributed by atoms with E-state index in [0.717, 1.165) is 16.9 Å². The molecule has 1 nitrogen and oxygen atoms in total. The van der Waals surface area contributed by atoms with Gasteiger partial charge in [0.05, 0.1) is 5.02 Å². The highest BCUT2D eigenvalue weighted by molar-refractivity contribution is 6.33. The second-order valence-electron chi connectivity index (χ2n) is 4.66. The van der Waals surface area contributed by atoms with Gasteiger partial charge in [-0.2, -0.15) is 0 Å². The molecule has 100 valence electrons. The van der Waals surface area contributed by atoms with Crippen molar-refractivity contribution in [3.63, 3.8) is 0 Å². The van der Waals surface area contributed by atoms with Crippen molar-refractivity contribution in [1.82, 2.24) is 0 Å². The van der Waals surface area contributed by atoms with Crippen molar-refractivity contribution in [2.75, 3.05) is 0 Å². The highest BCUT2D eigenvalue weighted by Crippen LogP contribution is 2.36. The molecule has 1 aromatic heterocycles. The monoisotopic (exact) mass is 302 g/mol. The fraction of sp³-hybridized carbons (Fsp3) is 0.0588. The first-order valence-corrected chi connectivity index (χ1v) is 7.01. The van der Waals surface area contributed by atoms with Gasteiger partial charge in [-0.1, -0.05) is 53.0 Å². The molecule has 3 rings (SSSR count). The third-order valence-electron chi connectivity index (χ3n) is 3.13. The molecule has 0 aliphatic heterocycles. The predicted octanol–water partition coefficient (Wildman–Crippen LogP) is 6.23. The Labute approximate surface area is 127 Å². The Morgan fingerprint density at radius 1 is 0.800 bits per heavy atom. The molecule has 0 N–H and O–H groups in total. The fourth-order valence-corrected chi connectivity index (χ4v) is 2.40. The lowest BCUT2D eigenvalue weighted by Gasteiger charge is -2.00. The Bertz CT molecular complexity index is 725. The van der Waals surface area contributed by atoms with Gasteiger partial charge in [0.2, 0.25) is 0 Å². The summed E-state index contributed by atoms with van der Waals surface area (Å²) in [4.78, 5) is 0. The lowest BCUT2D eigenvalue weighted by Crippen LogP contribution is -1.76. The first-order valence-electron chi connectivity index (χ1n) is 6.26. The van der Waals surface area contributed by atoms with Crippen LogP contribution in [0.5, 0.6) is 0 Å². The molecule has 0 fully saturated rings. The van der Waals surface area contributed by atoms with E-state index in [1.165, 1.54) is 5.56 Å².